The van der Waals surface area contributed by atoms with E-state index in [9.17, 15) is 0 Å². The summed E-state index contributed by atoms with van der Waals surface area (Å²) in [6.07, 6.45) is 0.952. The Bertz CT molecular complexity index is 676. The third-order valence-electron chi connectivity index (χ3n) is 3.23. The molecule has 0 atom stereocenters. The number of methoxy groups -OCH3 is 2. The van der Waals surface area contributed by atoms with Gasteiger partial charge in [0.1, 0.15) is 0 Å². The zero-order chi connectivity index (χ0) is 16.7. The van der Waals surface area contributed by atoms with Crippen LogP contribution < -0.4 is 20.5 Å². The Hall–Kier alpha value is -1.55. The number of aliphatic imine (C=N–C) groups is 1. The molecule has 1 aromatic carbocycles. The summed E-state index contributed by atoms with van der Waals surface area (Å²) < 4.78 is 10.5. The minimum atomic E-state index is 0. The van der Waals surface area contributed by atoms with E-state index in [1.54, 1.807) is 25.6 Å². The molecule has 1 aromatic heterocycles. The number of guanidine groups is 1. The SMILES string of the molecule is CCc1nc(CNC(N)=NCc2ccc(OC)c(OC)c2)cs1.I. The van der Waals surface area contributed by atoms with E-state index in [1.807, 2.05) is 23.6 Å². The van der Waals surface area contributed by atoms with Crippen LogP contribution in [0, 0.1) is 0 Å². The fraction of sp³-hybridized carbons (Fsp3) is 0.375. The average Bonchev–Trinajstić information content (AvgIpc) is 3.05. The molecule has 8 heteroatoms. The Labute approximate surface area is 163 Å². The van der Waals surface area contributed by atoms with E-state index in [-0.39, 0.29) is 24.0 Å². The summed E-state index contributed by atoms with van der Waals surface area (Å²) in [4.78, 5) is 8.81. The molecule has 0 unspecified atom stereocenters. The molecular formula is C16H23IN4O2S. The van der Waals surface area contributed by atoms with E-state index in [0.29, 0.717) is 30.5 Å². The van der Waals surface area contributed by atoms with Crippen LogP contribution in [0.5, 0.6) is 11.5 Å². The van der Waals surface area contributed by atoms with Gasteiger partial charge in [0.05, 0.1) is 38.0 Å². The first-order valence-corrected chi connectivity index (χ1v) is 8.22. The molecule has 132 valence electrons. The number of thiazole rings is 1. The number of aromatic nitrogens is 1. The first-order chi connectivity index (χ1) is 11.2. The van der Waals surface area contributed by atoms with Gasteiger partial charge in [0.2, 0.25) is 0 Å². The lowest BCUT2D eigenvalue weighted by atomic mass is 10.2. The molecule has 0 radical (unpaired) electrons. The van der Waals surface area contributed by atoms with Crippen LogP contribution in [0.2, 0.25) is 0 Å². The van der Waals surface area contributed by atoms with Gasteiger partial charge in [0.15, 0.2) is 17.5 Å². The number of nitrogens with two attached hydrogens (primary N) is 1. The lowest BCUT2D eigenvalue weighted by molar-refractivity contribution is 0.354. The highest BCUT2D eigenvalue weighted by atomic mass is 127. The number of nitrogens with one attached hydrogen (secondary N) is 1. The number of hydrogen-bond donors (Lipinski definition) is 2. The molecule has 0 aliphatic rings. The fourth-order valence-corrected chi connectivity index (χ4v) is 2.73. The first-order valence-electron chi connectivity index (χ1n) is 7.34. The smallest absolute Gasteiger partial charge is 0.189 e. The molecule has 0 aliphatic carbocycles. The van der Waals surface area contributed by atoms with E-state index in [0.717, 1.165) is 22.7 Å². The van der Waals surface area contributed by atoms with Gasteiger partial charge in [-0.1, -0.05) is 13.0 Å². The minimum absolute atomic E-state index is 0. The van der Waals surface area contributed by atoms with Crippen molar-refractivity contribution in [3.63, 3.8) is 0 Å². The highest BCUT2D eigenvalue weighted by Gasteiger charge is 2.04. The maximum atomic E-state index is 5.89. The van der Waals surface area contributed by atoms with Crippen molar-refractivity contribution in [3.8, 4) is 11.5 Å². The molecule has 0 aliphatic heterocycles. The fourth-order valence-electron chi connectivity index (χ4n) is 1.98. The van der Waals surface area contributed by atoms with Crippen LogP contribution in [0.1, 0.15) is 23.2 Å². The quantitative estimate of drug-likeness (QED) is 0.376. The summed E-state index contributed by atoms with van der Waals surface area (Å²) in [7, 11) is 3.22. The molecule has 0 saturated carbocycles. The molecule has 0 amide bonds. The summed E-state index contributed by atoms with van der Waals surface area (Å²) >= 11 is 1.66. The number of rotatable bonds is 7. The van der Waals surface area contributed by atoms with Crippen molar-refractivity contribution in [1.29, 1.82) is 0 Å². The normalized spacial score (nSPS) is 10.9. The Morgan fingerprint density at radius 1 is 1.29 bits per heavy atom. The average molecular weight is 462 g/mol. The Balaban J connectivity index is 0.00000288. The van der Waals surface area contributed by atoms with Crippen LogP contribution in [0.25, 0.3) is 0 Å². The van der Waals surface area contributed by atoms with E-state index < -0.39 is 0 Å². The number of aryl methyl sites for hydroxylation is 1. The Kier molecular flexibility index (Phi) is 8.83. The van der Waals surface area contributed by atoms with Gasteiger partial charge in [-0.15, -0.1) is 35.3 Å². The van der Waals surface area contributed by atoms with Gasteiger partial charge in [-0.25, -0.2) is 9.98 Å². The lowest BCUT2D eigenvalue weighted by Gasteiger charge is -2.09. The van der Waals surface area contributed by atoms with Crippen molar-refractivity contribution in [1.82, 2.24) is 10.3 Å². The second-order valence-electron chi connectivity index (χ2n) is 4.83. The van der Waals surface area contributed by atoms with Gasteiger partial charge < -0.3 is 20.5 Å². The highest BCUT2D eigenvalue weighted by Crippen LogP contribution is 2.27. The van der Waals surface area contributed by atoms with Crippen molar-refractivity contribution in [2.45, 2.75) is 26.4 Å². The molecular weight excluding hydrogens is 439 g/mol. The van der Waals surface area contributed by atoms with Crippen molar-refractivity contribution in [2.75, 3.05) is 14.2 Å². The van der Waals surface area contributed by atoms with Crippen molar-refractivity contribution in [3.05, 3.63) is 39.8 Å². The zero-order valence-corrected chi connectivity index (χ0v) is 17.2. The third kappa shape index (κ3) is 5.82. The van der Waals surface area contributed by atoms with Crippen LogP contribution in [0.4, 0.5) is 0 Å². The number of halogens is 1. The summed E-state index contributed by atoms with van der Waals surface area (Å²) in [6.45, 7) is 3.14. The summed E-state index contributed by atoms with van der Waals surface area (Å²) in [6, 6.07) is 5.69. The Morgan fingerprint density at radius 2 is 2.04 bits per heavy atom. The standard InChI is InChI=1S/C16H22N4O2S.HI/c1-4-15-20-12(10-23-15)9-19-16(17)18-8-11-5-6-13(21-2)14(7-11)22-3;/h5-7,10H,4,8-9H2,1-3H3,(H3,17,18,19);1H. The van der Waals surface area contributed by atoms with E-state index in [2.05, 4.69) is 22.2 Å². The van der Waals surface area contributed by atoms with Crippen LogP contribution in [0.3, 0.4) is 0 Å². The highest BCUT2D eigenvalue weighted by molar-refractivity contribution is 14.0. The summed E-state index contributed by atoms with van der Waals surface area (Å²) in [5.74, 6) is 1.77. The maximum absolute atomic E-state index is 5.89. The molecule has 1 heterocycles. The molecule has 0 spiro atoms. The predicted molar refractivity (Wildman–Crippen MR) is 109 cm³/mol. The first kappa shape index (κ1) is 20.5. The molecule has 2 aromatic rings. The van der Waals surface area contributed by atoms with Crippen molar-refractivity contribution >= 4 is 41.3 Å². The zero-order valence-electron chi connectivity index (χ0n) is 14.0. The minimum Gasteiger partial charge on any atom is -0.493 e. The van der Waals surface area contributed by atoms with Gasteiger partial charge >= 0.3 is 0 Å². The summed E-state index contributed by atoms with van der Waals surface area (Å²) in [5.41, 5.74) is 7.87. The predicted octanol–water partition coefficient (Wildman–Crippen LogP) is 2.95. The van der Waals surface area contributed by atoms with E-state index >= 15 is 0 Å². The van der Waals surface area contributed by atoms with Gasteiger partial charge in [-0.3, -0.25) is 0 Å². The number of ether oxygens (including phenoxy) is 2. The number of hydrogen-bond acceptors (Lipinski definition) is 5. The molecule has 0 bridgehead atoms. The van der Waals surface area contributed by atoms with Gasteiger partial charge in [-0.2, -0.15) is 0 Å². The Morgan fingerprint density at radius 3 is 2.67 bits per heavy atom. The van der Waals surface area contributed by atoms with Gasteiger partial charge in [0.25, 0.3) is 0 Å². The van der Waals surface area contributed by atoms with Gasteiger partial charge in [-0.05, 0) is 24.1 Å². The van der Waals surface area contributed by atoms with Crippen molar-refractivity contribution in [2.24, 2.45) is 10.7 Å². The number of nitrogens with zero attached hydrogens (tertiary/aromatic N) is 2. The van der Waals surface area contributed by atoms with Crippen LogP contribution in [-0.4, -0.2) is 25.2 Å². The molecule has 3 N–H and O–H groups in total. The lowest BCUT2D eigenvalue weighted by Crippen LogP contribution is -2.31. The van der Waals surface area contributed by atoms with Crippen LogP contribution >= 0.6 is 35.3 Å². The second-order valence-corrected chi connectivity index (χ2v) is 5.77. The largest absolute Gasteiger partial charge is 0.493 e. The van der Waals surface area contributed by atoms with Crippen LogP contribution in [0.15, 0.2) is 28.6 Å². The van der Waals surface area contributed by atoms with E-state index in [4.69, 9.17) is 15.2 Å². The van der Waals surface area contributed by atoms with Crippen LogP contribution in [-0.2, 0) is 19.5 Å². The molecule has 2 rings (SSSR count). The molecule has 6 nitrogen and oxygen atoms in total. The molecule has 24 heavy (non-hydrogen) atoms. The number of benzene rings is 1. The summed E-state index contributed by atoms with van der Waals surface area (Å²) in [5, 5.41) is 6.24. The monoisotopic (exact) mass is 462 g/mol. The molecule has 0 fully saturated rings. The third-order valence-corrected chi connectivity index (χ3v) is 4.27. The topological polar surface area (TPSA) is 81.8 Å². The maximum Gasteiger partial charge on any atom is 0.189 e. The molecule has 0 saturated heterocycles. The van der Waals surface area contributed by atoms with Crippen molar-refractivity contribution < 1.29 is 9.47 Å². The van der Waals surface area contributed by atoms with E-state index in [1.165, 1.54) is 0 Å². The van der Waals surface area contributed by atoms with Gasteiger partial charge in [0, 0.05) is 5.38 Å². The second kappa shape index (κ2) is 10.3.